The van der Waals surface area contributed by atoms with Gasteiger partial charge in [-0.2, -0.15) is 5.10 Å². The Kier molecular flexibility index (Phi) is 3.15. The Balaban J connectivity index is 1.50. The molecule has 1 N–H and O–H groups in total. The summed E-state index contributed by atoms with van der Waals surface area (Å²) >= 11 is 1.45. The Morgan fingerprint density at radius 3 is 3.09 bits per heavy atom. The molecule has 0 saturated carbocycles. The van der Waals surface area contributed by atoms with Crippen LogP contribution < -0.4 is 10.2 Å². The van der Waals surface area contributed by atoms with Gasteiger partial charge in [-0.25, -0.2) is 4.68 Å². The minimum Gasteiger partial charge on any atom is -0.324 e. The number of aromatic nitrogens is 2. The SMILES string of the molecule is O=C1Nc2ccccc2SC1CC(=O)N1CCn2nccc21. The molecule has 2 amide bonds. The topological polar surface area (TPSA) is 67.2 Å². The number of hydrogen-bond acceptors (Lipinski definition) is 4. The summed E-state index contributed by atoms with van der Waals surface area (Å²) in [5, 5.41) is 6.64. The quantitative estimate of drug-likeness (QED) is 0.917. The van der Waals surface area contributed by atoms with E-state index < -0.39 is 0 Å². The number of thioether (sulfide) groups is 1. The molecule has 0 radical (unpaired) electrons. The fraction of sp³-hybridized carbons (Fsp3) is 0.267. The summed E-state index contributed by atoms with van der Waals surface area (Å²) in [6.07, 6.45) is 1.88. The molecular formula is C15H14N4O2S. The van der Waals surface area contributed by atoms with Crippen molar-refractivity contribution < 1.29 is 9.59 Å². The van der Waals surface area contributed by atoms with Gasteiger partial charge < -0.3 is 5.32 Å². The first-order valence-electron chi connectivity index (χ1n) is 7.11. The smallest absolute Gasteiger partial charge is 0.238 e. The molecule has 1 aromatic heterocycles. The lowest BCUT2D eigenvalue weighted by Crippen LogP contribution is -2.36. The van der Waals surface area contributed by atoms with Crippen molar-refractivity contribution in [3.63, 3.8) is 0 Å². The number of fused-ring (bicyclic) bond motifs is 2. The summed E-state index contributed by atoms with van der Waals surface area (Å²) in [6.45, 7) is 1.33. The van der Waals surface area contributed by atoms with Gasteiger partial charge >= 0.3 is 0 Å². The minimum absolute atomic E-state index is 0.0359. The molecule has 3 heterocycles. The van der Waals surface area contributed by atoms with Gasteiger partial charge in [-0.1, -0.05) is 12.1 Å². The highest BCUT2D eigenvalue weighted by molar-refractivity contribution is 8.01. The molecule has 0 aliphatic carbocycles. The van der Waals surface area contributed by atoms with Gasteiger partial charge in [0.1, 0.15) is 5.82 Å². The fourth-order valence-electron chi connectivity index (χ4n) is 2.78. The van der Waals surface area contributed by atoms with Crippen molar-refractivity contribution in [2.24, 2.45) is 0 Å². The third-order valence-electron chi connectivity index (χ3n) is 3.87. The summed E-state index contributed by atoms with van der Waals surface area (Å²) in [7, 11) is 0. The predicted octanol–water partition coefficient (Wildman–Crippen LogP) is 1.73. The number of para-hydroxylation sites is 1. The van der Waals surface area contributed by atoms with E-state index in [1.165, 1.54) is 11.8 Å². The summed E-state index contributed by atoms with van der Waals surface area (Å²) in [6, 6.07) is 9.48. The standard InChI is InChI=1S/C15H14N4O2S/c20-14(18-7-8-19-13(18)5-6-16-19)9-12-15(21)17-10-3-1-2-4-11(10)22-12/h1-6,12H,7-9H2,(H,17,21). The van der Waals surface area contributed by atoms with E-state index in [-0.39, 0.29) is 23.5 Å². The molecule has 2 aromatic rings. The summed E-state index contributed by atoms with van der Waals surface area (Å²) in [5.74, 6) is 0.669. The van der Waals surface area contributed by atoms with Crippen LogP contribution >= 0.6 is 11.8 Å². The molecule has 4 rings (SSSR count). The third kappa shape index (κ3) is 2.18. The van der Waals surface area contributed by atoms with Crippen LogP contribution in [0, 0.1) is 0 Å². The zero-order chi connectivity index (χ0) is 15.1. The highest BCUT2D eigenvalue weighted by atomic mass is 32.2. The molecule has 0 fully saturated rings. The number of rotatable bonds is 2. The number of nitrogens with one attached hydrogen (secondary N) is 1. The first-order valence-corrected chi connectivity index (χ1v) is 7.99. The molecule has 1 unspecified atom stereocenters. The number of carbonyl (C=O) groups is 2. The van der Waals surface area contributed by atoms with E-state index in [4.69, 9.17) is 0 Å². The van der Waals surface area contributed by atoms with Crippen LogP contribution in [0.1, 0.15) is 6.42 Å². The number of amides is 2. The van der Waals surface area contributed by atoms with Crippen LogP contribution in [-0.4, -0.2) is 33.4 Å². The number of anilines is 2. The van der Waals surface area contributed by atoms with Gasteiger partial charge in [-0.15, -0.1) is 11.8 Å². The van der Waals surface area contributed by atoms with Gasteiger partial charge in [-0.05, 0) is 12.1 Å². The van der Waals surface area contributed by atoms with E-state index in [9.17, 15) is 9.59 Å². The minimum atomic E-state index is -0.389. The van der Waals surface area contributed by atoms with E-state index in [1.54, 1.807) is 15.8 Å². The lowest BCUT2D eigenvalue weighted by atomic mass is 10.2. The lowest BCUT2D eigenvalue weighted by Gasteiger charge is -2.25. The highest BCUT2D eigenvalue weighted by Crippen LogP contribution is 2.37. The lowest BCUT2D eigenvalue weighted by molar-refractivity contribution is -0.122. The second-order valence-corrected chi connectivity index (χ2v) is 6.50. The van der Waals surface area contributed by atoms with Gasteiger partial charge in [-0.3, -0.25) is 14.5 Å². The first kappa shape index (κ1) is 13.4. The van der Waals surface area contributed by atoms with Crippen molar-refractivity contribution in [2.75, 3.05) is 16.8 Å². The summed E-state index contributed by atoms with van der Waals surface area (Å²) in [5.41, 5.74) is 0.820. The molecule has 22 heavy (non-hydrogen) atoms. The fourth-order valence-corrected chi connectivity index (χ4v) is 3.89. The molecule has 6 nitrogen and oxygen atoms in total. The van der Waals surface area contributed by atoms with E-state index in [2.05, 4.69) is 10.4 Å². The highest BCUT2D eigenvalue weighted by Gasteiger charge is 2.32. The molecule has 0 bridgehead atoms. The first-order chi connectivity index (χ1) is 10.7. The summed E-state index contributed by atoms with van der Waals surface area (Å²) in [4.78, 5) is 27.4. The molecular weight excluding hydrogens is 300 g/mol. The zero-order valence-corrected chi connectivity index (χ0v) is 12.5. The van der Waals surface area contributed by atoms with Gasteiger partial charge in [0.05, 0.1) is 23.7 Å². The van der Waals surface area contributed by atoms with Gasteiger partial charge in [0.25, 0.3) is 0 Å². The van der Waals surface area contributed by atoms with Crippen molar-refractivity contribution in [2.45, 2.75) is 23.1 Å². The molecule has 1 atom stereocenters. The van der Waals surface area contributed by atoms with Crippen molar-refractivity contribution in [1.82, 2.24) is 9.78 Å². The van der Waals surface area contributed by atoms with Crippen LogP contribution in [0.5, 0.6) is 0 Å². The van der Waals surface area contributed by atoms with E-state index >= 15 is 0 Å². The van der Waals surface area contributed by atoms with Crippen LogP contribution in [0.25, 0.3) is 0 Å². The Bertz CT molecular complexity index is 758. The van der Waals surface area contributed by atoms with E-state index in [1.807, 2.05) is 30.3 Å². The number of benzene rings is 1. The Morgan fingerprint density at radius 2 is 2.18 bits per heavy atom. The van der Waals surface area contributed by atoms with Gasteiger partial charge in [0.2, 0.25) is 11.8 Å². The van der Waals surface area contributed by atoms with Crippen molar-refractivity contribution in [3.8, 4) is 0 Å². The monoisotopic (exact) mass is 314 g/mol. The van der Waals surface area contributed by atoms with Crippen LogP contribution in [0.4, 0.5) is 11.5 Å². The predicted molar refractivity (Wildman–Crippen MR) is 83.9 cm³/mol. The maximum absolute atomic E-state index is 12.5. The maximum Gasteiger partial charge on any atom is 0.238 e. The van der Waals surface area contributed by atoms with Crippen molar-refractivity contribution >= 4 is 35.1 Å². The van der Waals surface area contributed by atoms with Crippen molar-refractivity contribution in [1.29, 1.82) is 0 Å². The van der Waals surface area contributed by atoms with Crippen LogP contribution in [0.3, 0.4) is 0 Å². The molecule has 2 aliphatic rings. The third-order valence-corrected chi connectivity index (χ3v) is 5.15. The Labute approximate surface area is 131 Å². The molecule has 112 valence electrons. The van der Waals surface area contributed by atoms with E-state index in [0.717, 1.165) is 16.4 Å². The Hall–Kier alpha value is -2.28. The average molecular weight is 314 g/mol. The van der Waals surface area contributed by atoms with Gasteiger partial charge in [0, 0.05) is 23.9 Å². The number of nitrogens with zero attached hydrogens (tertiary/aromatic N) is 3. The van der Waals surface area contributed by atoms with Crippen LogP contribution in [-0.2, 0) is 16.1 Å². The second-order valence-electron chi connectivity index (χ2n) is 5.25. The average Bonchev–Trinajstić information content (AvgIpc) is 3.10. The molecule has 2 aliphatic heterocycles. The van der Waals surface area contributed by atoms with Crippen LogP contribution in [0.2, 0.25) is 0 Å². The number of hydrogen-bond donors (Lipinski definition) is 1. The molecule has 0 saturated heterocycles. The maximum atomic E-state index is 12.5. The number of carbonyl (C=O) groups excluding carboxylic acids is 2. The second kappa shape index (κ2) is 5.17. The van der Waals surface area contributed by atoms with Gasteiger partial charge in [0.15, 0.2) is 0 Å². The zero-order valence-electron chi connectivity index (χ0n) is 11.7. The molecule has 1 aromatic carbocycles. The molecule has 7 heteroatoms. The van der Waals surface area contributed by atoms with Crippen LogP contribution in [0.15, 0.2) is 41.4 Å². The Morgan fingerprint density at radius 1 is 1.32 bits per heavy atom. The van der Waals surface area contributed by atoms with E-state index in [0.29, 0.717) is 13.1 Å². The summed E-state index contributed by atoms with van der Waals surface area (Å²) < 4.78 is 1.81. The largest absolute Gasteiger partial charge is 0.324 e. The normalized spacial score (nSPS) is 19.5. The van der Waals surface area contributed by atoms with Crippen molar-refractivity contribution in [3.05, 3.63) is 36.5 Å². The molecule has 0 spiro atoms.